The predicted octanol–water partition coefficient (Wildman–Crippen LogP) is 4.37. The van der Waals surface area contributed by atoms with Crippen molar-refractivity contribution >= 4 is 62.3 Å². The fourth-order valence-electron chi connectivity index (χ4n) is 2.91. The summed E-state index contributed by atoms with van der Waals surface area (Å²) in [6.45, 7) is 0.183. The number of rotatable bonds is 4. The number of para-hydroxylation sites is 2. The van der Waals surface area contributed by atoms with Gasteiger partial charge in [0.2, 0.25) is 0 Å². The van der Waals surface area contributed by atoms with Crippen LogP contribution in [0, 0.1) is 0 Å². The van der Waals surface area contributed by atoms with E-state index in [4.69, 9.17) is 33.0 Å². The average molecular weight is 423 g/mol. The van der Waals surface area contributed by atoms with Crippen molar-refractivity contribution in [1.29, 1.82) is 0 Å². The second kappa shape index (κ2) is 6.99. The number of benzene rings is 2. The summed E-state index contributed by atoms with van der Waals surface area (Å²) in [5, 5.41) is 10.6. The number of amides is 1. The first-order chi connectivity index (χ1) is 12.9. The third-order valence-corrected chi connectivity index (χ3v) is 6.10. The van der Waals surface area contributed by atoms with Crippen molar-refractivity contribution in [3.63, 3.8) is 0 Å². The summed E-state index contributed by atoms with van der Waals surface area (Å²) in [5.41, 5.74) is 1.27. The van der Waals surface area contributed by atoms with E-state index < -0.39 is 24.4 Å². The van der Waals surface area contributed by atoms with Gasteiger partial charge in [-0.05, 0) is 24.3 Å². The first-order valence-electron chi connectivity index (χ1n) is 7.96. The van der Waals surface area contributed by atoms with E-state index in [-0.39, 0.29) is 6.54 Å². The number of ether oxygens (including phenoxy) is 1. The molecule has 4 rings (SSSR count). The molecule has 3 aromatic rings. The fraction of sp³-hybridized carbons (Fsp3) is 0.167. The van der Waals surface area contributed by atoms with E-state index >= 15 is 0 Å². The van der Waals surface area contributed by atoms with Crippen LogP contribution in [0.15, 0.2) is 36.4 Å². The number of carboxylic acids is 1. The maximum absolute atomic E-state index is 12.8. The lowest BCUT2D eigenvalue weighted by atomic mass is 10.1. The Morgan fingerprint density at radius 3 is 2.81 bits per heavy atom. The number of hydrogen-bond acceptors (Lipinski definition) is 5. The molecule has 2 heterocycles. The number of aromatic nitrogens is 1. The molecule has 0 fully saturated rings. The highest BCUT2D eigenvalue weighted by molar-refractivity contribution is 7.19. The molecule has 27 heavy (non-hydrogen) atoms. The van der Waals surface area contributed by atoms with Crippen molar-refractivity contribution < 1.29 is 19.4 Å². The Labute approximate surface area is 167 Å². The molecule has 0 saturated carbocycles. The van der Waals surface area contributed by atoms with Crippen molar-refractivity contribution in [3.8, 4) is 5.75 Å². The number of anilines is 1. The van der Waals surface area contributed by atoms with Gasteiger partial charge in [-0.25, -0.2) is 4.98 Å². The van der Waals surface area contributed by atoms with Gasteiger partial charge < -0.3 is 9.84 Å². The number of halogens is 2. The van der Waals surface area contributed by atoms with Gasteiger partial charge in [-0.1, -0.05) is 35.3 Å². The monoisotopic (exact) mass is 422 g/mol. The van der Waals surface area contributed by atoms with Crippen molar-refractivity contribution in [2.24, 2.45) is 0 Å². The lowest BCUT2D eigenvalue weighted by Crippen LogP contribution is -2.46. The van der Waals surface area contributed by atoms with Crippen LogP contribution in [0.1, 0.15) is 11.4 Å². The molecule has 1 unspecified atom stereocenters. The van der Waals surface area contributed by atoms with E-state index in [1.807, 2.05) is 0 Å². The normalized spacial score (nSPS) is 16.3. The van der Waals surface area contributed by atoms with Gasteiger partial charge in [0, 0.05) is 0 Å². The van der Waals surface area contributed by atoms with E-state index in [2.05, 4.69) is 4.98 Å². The van der Waals surface area contributed by atoms with Gasteiger partial charge in [-0.15, -0.1) is 11.3 Å². The minimum absolute atomic E-state index is 0.183. The third kappa shape index (κ3) is 3.34. The molecule has 1 amide bonds. The van der Waals surface area contributed by atoms with Crippen molar-refractivity contribution in [3.05, 3.63) is 51.5 Å². The smallest absolute Gasteiger partial charge is 0.307 e. The second-order valence-corrected chi connectivity index (χ2v) is 7.78. The highest BCUT2D eigenvalue weighted by Crippen LogP contribution is 2.38. The molecule has 1 aliphatic heterocycles. The number of aliphatic carboxylic acids is 1. The molecule has 0 aliphatic carbocycles. The average Bonchev–Trinajstić information content (AvgIpc) is 3.05. The molecule has 1 aromatic heterocycles. The summed E-state index contributed by atoms with van der Waals surface area (Å²) in [5.74, 6) is -1.06. The number of carbonyl (C=O) groups is 2. The Morgan fingerprint density at radius 2 is 2.04 bits per heavy atom. The zero-order chi connectivity index (χ0) is 19.1. The molecule has 138 valence electrons. The van der Waals surface area contributed by atoms with Crippen molar-refractivity contribution in [2.75, 3.05) is 4.90 Å². The molecule has 1 atom stereocenters. The Bertz CT molecular complexity index is 1070. The van der Waals surface area contributed by atoms with Gasteiger partial charge in [0.05, 0.1) is 38.9 Å². The highest BCUT2D eigenvalue weighted by Gasteiger charge is 2.36. The van der Waals surface area contributed by atoms with E-state index in [0.29, 0.717) is 32.0 Å². The summed E-state index contributed by atoms with van der Waals surface area (Å²) in [6, 6.07) is 10.5. The second-order valence-electron chi connectivity index (χ2n) is 5.91. The topological polar surface area (TPSA) is 79.7 Å². The lowest BCUT2D eigenvalue weighted by Gasteiger charge is -2.33. The van der Waals surface area contributed by atoms with Crippen molar-refractivity contribution in [2.45, 2.75) is 19.1 Å². The first kappa shape index (κ1) is 18.0. The Kier molecular flexibility index (Phi) is 4.67. The highest BCUT2D eigenvalue weighted by atomic mass is 35.5. The van der Waals surface area contributed by atoms with Crippen LogP contribution in [0.2, 0.25) is 10.0 Å². The molecule has 0 spiro atoms. The van der Waals surface area contributed by atoms with E-state index in [9.17, 15) is 9.59 Å². The van der Waals surface area contributed by atoms with Crippen LogP contribution in [0.25, 0.3) is 10.2 Å². The zero-order valence-corrected chi connectivity index (χ0v) is 16.0. The molecule has 1 aliphatic rings. The van der Waals surface area contributed by atoms with Gasteiger partial charge in [0.15, 0.2) is 6.10 Å². The summed E-state index contributed by atoms with van der Waals surface area (Å²) < 4.78 is 6.33. The van der Waals surface area contributed by atoms with E-state index in [0.717, 1.165) is 4.70 Å². The van der Waals surface area contributed by atoms with Crippen LogP contribution in [0.4, 0.5) is 5.69 Å². The minimum atomic E-state index is -1.10. The lowest BCUT2D eigenvalue weighted by molar-refractivity contribution is -0.142. The molecule has 1 N–H and O–H groups in total. The van der Waals surface area contributed by atoms with Crippen molar-refractivity contribution in [1.82, 2.24) is 4.98 Å². The molecule has 2 aromatic carbocycles. The fourth-order valence-corrected chi connectivity index (χ4v) is 4.39. The number of hydrogen-bond donors (Lipinski definition) is 1. The quantitative estimate of drug-likeness (QED) is 0.674. The van der Waals surface area contributed by atoms with Crippen LogP contribution in [-0.2, 0) is 16.1 Å². The molecular formula is C18H12Cl2N2O4S. The maximum atomic E-state index is 12.8. The summed E-state index contributed by atoms with van der Waals surface area (Å²) in [4.78, 5) is 29.9. The molecule has 0 radical (unpaired) electrons. The molecule has 9 heteroatoms. The SMILES string of the molecule is O=C(O)CC1Oc2ccccc2N(Cc2nc3ccc(Cl)c(Cl)c3s2)C1=O. The number of carboxylic acid groups (broad SMARTS) is 1. The number of thiazole rings is 1. The molecule has 6 nitrogen and oxygen atoms in total. The number of fused-ring (bicyclic) bond motifs is 2. The van der Waals surface area contributed by atoms with Crippen LogP contribution >= 0.6 is 34.5 Å². The molecule has 0 saturated heterocycles. The Balaban J connectivity index is 1.72. The Morgan fingerprint density at radius 1 is 1.26 bits per heavy atom. The zero-order valence-electron chi connectivity index (χ0n) is 13.7. The van der Waals surface area contributed by atoms with E-state index in [1.165, 1.54) is 16.2 Å². The summed E-state index contributed by atoms with van der Waals surface area (Å²) in [7, 11) is 0. The van der Waals surface area contributed by atoms with Crippen LogP contribution < -0.4 is 9.64 Å². The van der Waals surface area contributed by atoms with Gasteiger partial charge >= 0.3 is 5.97 Å². The van der Waals surface area contributed by atoms with Crippen LogP contribution in [-0.4, -0.2) is 28.1 Å². The van der Waals surface area contributed by atoms with Gasteiger partial charge in [-0.2, -0.15) is 0 Å². The number of nitrogens with zero attached hydrogens (tertiary/aromatic N) is 2. The number of carbonyl (C=O) groups excluding carboxylic acids is 1. The molecule has 0 bridgehead atoms. The van der Waals surface area contributed by atoms with Gasteiger partial charge in [0.1, 0.15) is 10.8 Å². The standard InChI is InChI=1S/C18H12Cl2N2O4S/c19-9-5-6-10-17(16(9)20)27-14(21-10)8-22-11-3-1-2-4-12(11)26-13(18(22)25)7-15(23)24/h1-6,13H,7-8H2,(H,23,24). The van der Waals surface area contributed by atoms with E-state index in [1.54, 1.807) is 36.4 Å². The van der Waals surface area contributed by atoms with Crippen LogP contribution in [0.3, 0.4) is 0 Å². The molecular weight excluding hydrogens is 411 g/mol. The van der Waals surface area contributed by atoms with Crippen LogP contribution in [0.5, 0.6) is 5.75 Å². The first-order valence-corrected chi connectivity index (χ1v) is 9.53. The predicted molar refractivity (Wildman–Crippen MR) is 104 cm³/mol. The van der Waals surface area contributed by atoms with Gasteiger partial charge in [-0.3, -0.25) is 14.5 Å². The van der Waals surface area contributed by atoms with Gasteiger partial charge in [0.25, 0.3) is 5.91 Å². The minimum Gasteiger partial charge on any atom is -0.481 e. The summed E-state index contributed by atoms with van der Waals surface area (Å²) >= 11 is 13.6. The largest absolute Gasteiger partial charge is 0.481 e. The third-order valence-electron chi connectivity index (χ3n) is 4.11. The maximum Gasteiger partial charge on any atom is 0.307 e. The summed E-state index contributed by atoms with van der Waals surface area (Å²) in [6.07, 6.45) is -1.49. The Hall–Kier alpha value is -2.35.